The number of nitrogens with one attached hydrogen (secondary N) is 1. The molecule has 0 spiro atoms. The Hall–Kier alpha value is -1.77. The summed E-state index contributed by atoms with van der Waals surface area (Å²) in [4.78, 5) is 0.183. The van der Waals surface area contributed by atoms with Crippen LogP contribution in [0.15, 0.2) is 35.5 Å². The molecule has 0 atom stereocenters. The normalized spacial score (nSPS) is 11.7. The van der Waals surface area contributed by atoms with Crippen molar-refractivity contribution >= 4 is 10.0 Å². The molecule has 2 rings (SSSR count). The summed E-state index contributed by atoms with van der Waals surface area (Å²) in [6, 6.07) is 4.83. The molecule has 0 unspecified atom stereocenters. The van der Waals surface area contributed by atoms with Gasteiger partial charge >= 0.3 is 0 Å². The van der Waals surface area contributed by atoms with Gasteiger partial charge in [0.1, 0.15) is 0 Å². The fourth-order valence-corrected chi connectivity index (χ4v) is 3.15. The van der Waals surface area contributed by atoms with Gasteiger partial charge in [0, 0.05) is 12.7 Å². The quantitative estimate of drug-likeness (QED) is 0.785. The molecule has 0 saturated carbocycles. The molecule has 0 aliphatic carbocycles. The molecule has 2 aromatic rings. The van der Waals surface area contributed by atoms with E-state index in [1.54, 1.807) is 29.9 Å². The van der Waals surface area contributed by atoms with Gasteiger partial charge < -0.3 is 5.11 Å². The Morgan fingerprint density at radius 1 is 1.40 bits per heavy atom. The number of rotatable bonds is 6. The summed E-state index contributed by atoms with van der Waals surface area (Å²) in [5.41, 5.74) is 1.16. The molecule has 2 N–H and O–H groups in total. The lowest BCUT2D eigenvalue weighted by Crippen LogP contribution is -2.28. The minimum Gasteiger partial charge on any atom is -0.392 e. The Balaban J connectivity index is 2.10. The molecular formula is C12H16N4O3S. The minimum atomic E-state index is -3.60. The predicted molar refractivity (Wildman–Crippen MR) is 72.3 cm³/mol. The topological polar surface area (TPSA) is 97.1 Å². The predicted octanol–water partition coefficient (Wildman–Crippen LogP) is 0.0573. The molecule has 0 saturated heterocycles. The smallest absolute Gasteiger partial charge is 0.240 e. The second-order valence-electron chi connectivity index (χ2n) is 4.26. The molecule has 0 radical (unpaired) electrons. The van der Waals surface area contributed by atoms with Crippen LogP contribution in [0.2, 0.25) is 0 Å². The Morgan fingerprint density at radius 3 is 2.85 bits per heavy atom. The van der Waals surface area contributed by atoms with Crippen LogP contribution in [0.1, 0.15) is 11.1 Å². The first-order valence-electron chi connectivity index (χ1n) is 6.07. The third-order valence-electron chi connectivity index (χ3n) is 2.96. The minimum absolute atomic E-state index is 0.183. The number of hydrogen-bond donors (Lipinski definition) is 2. The number of sulfonamides is 1. The standard InChI is InChI=1S/C12H16N4O3S/c1-10-11(9-17)3-2-4-12(10)20(18,19)14-6-8-16-7-5-13-15-16/h2-5,7,14,17H,6,8-9H2,1H3. The molecule has 1 aromatic heterocycles. The Morgan fingerprint density at radius 2 is 2.20 bits per heavy atom. The van der Waals surface area contributed by atoms with Gasteiger partial charge in [-0.3, -0.25) is 4.68 Å². The molecular weight excluding hydrogens is 280 g/mol. The van der Waals surface area contributed by atoms with Gasteiger partial charge in [-0.05, 0) is 24.1 Å². The van der Waals surface area contributed by atoms with Crippen LogP contribution < -0.4 is 4.72 Å². The van der Waals surface area contributed by atoms with Gasteiger partial charge in [0.05, 0.1) is 24.2 Å². The first kappa shape index (κ1) is 14.6. The van der Waals surface area contributed by atoms with Crippen molar-refractivity contribution in [2.45, 2.75) is 25.0 Å². The van der Waals surface area contributed by atoms with Crippen LogP contribution in [0, 0.1) is 6.92 Å². The molecule has 0 fully saturated rings. The van der Waals surface area contributed by atoms with Gasteiger partial charge in [-0.2, -0.15) is 0 Å². The molecule has 0 aliphatic rings. The fourth-order valence-electron chi connectivity index (χ4n) is 1.85. The number of hydrogen-bond acceptors (Lipinski definition) is 5. The first-order valence-corrected chi connectivity index (χ1v) is 7.56. The highest BCUT2D eigenvalue weighted by atomic mass is 32.2. The third-order valence-corrected chi connectivity index (χ3v) is 4.57. The van der Waals surface area contributed by atoms with Crippen LogP contribution in [0.25, 0.3) is 0 Å². The molecule has 0 amide bonds. The maximum Gasteiger partial charge on any atom is 0.240 e. The first-order chi connectivity index (χ1) is 9.54. The second kappa shape index (κ2) is 6.12. The van der Waals surface area contributed by atoms with Crippen LogP contribution >= 0.6 is 0 Å². The van der Waals surface area contributed by atoms with Crippen molar-refractivity contribution in [2.75, 3.05) is 6.54 Å². The zero-order valence-electron chi connectivity index (χ0n) is 11.0. The maximum absolute atomic E-state index is 12.2. The lowest BCUT2D eigenvalue weighted by molar-refractivity contribution is 0.280. The number of aromatic nitrogens is 3. The van der Waals surface area contributed by atoms with Crippen LogP contribution in [0.4, 0.5) is 0 Å². The van der Waals surface area contributed by atoms with Crippen molar-refractivity contribution in [1.29, 1.82) is 0 Å². The molecule has 108 valence electrons. The Bertz CT molecular complexity index is 668. The Labute approximate surface area is 117 Å². The SMILES string of the molecule is Cc1c(CO)cccc1S(=O)(=O)NCCn1ccnn1. The van der Waals surface area contributed by atoms with E-state index in [1.807, 2.05) is 0 Å². The van der Waals surface area contributed by atoms with E-state index in [4.69, 9.17) is 0 Å². The Kier molecular flexibility index (Phi) is 4.48. The summed E-state index contributed by atoms with van der Waals surface area (Å²) in [6.45, 7) is 2.11. The van der Waals surface area contributed by atoms with E-state index in [1.165, 1.54) is 12.3 Å². The van der Waals surface area contributed by atoms with Crippen molar-refractivity contribution in [1.82, 2.24) is 19.7 Å². The van der Waals surface area contributed by atoms with Gasteiger partial charge in [-0.1, -0.05) is 17.3 Å². The molecule has 20 heavy (non-hydrogen) atoms. The maximum atomic E-state index is 12.2. The largest absolute Gasteiger partial charge is 0.392 e. The molecule has 0 bridgehead atoms. The summed E-state index contributed by atoms with van der Waals surface area (Å²) in [5.74, 6) is 0. The summed E-state index contributed by atoms with van der Waals surface area (Å²) < 4.78 is 28.5. The van der Waals surface area contributed by atoms with Crippen molar-refractivity contribution in [2.24, 2.45) is 0 Å². The average molecular weight is 296 g/mol. The third kappa shape index (κ3) is 3.21. The summed E-state index contributed by atoms with van der Waals surface area (Å²) in [7, 11) is -3.60. The average Bonchev–Trinajstić information content (AvgIpc) is 2.91. The molecule has 1 heterocycles. The molecule has 1 aromatic carbocycles. The zero-order valence-corrected chi connectivity index (χ0v) is 11.8. The zero-order chi connectivity index (χ0) is 14.6. The van der Waals surface area contributed by atoms with Gasteiger partial charge in [0.25, 0.3) is 0 Å². The molecule has 0 aliphatic heterocycles. The van der Waals surface area contributed by atoms with Gasteiger partial charge in [0.15, 0.2) is 0 Å². The van der Waals surface area contributed by atoms with Crippen LogP contribution in [-0.2, 0) is 23.2 Å². The highest BCUT2D eigenvalue weighted by molar-refractivity contribution is 7.89. The van der Waals surface area contributed by atoms with E-state index in [2.05, 4.69) is 15.0 Å². The van der Waals surface area contributed by atoms with E-state index in [9.17, 15) is 13.5 Å². The van der Waals surface area contributed by atoms with Crippen LogP contribution in [0.3, 0.4) is 0 Å². The van der Waals surface area contributed by atoms with E-state index in [0.29, 0.717) is 17.7 Å². The van der Waals surface area contributed by atoms with E-state index in [0.717, 1.165) is 0 Å². The highest BCUT2D eigenvalue weighted by Crippen LogP contribution is 2.18. The lowest BCUT2D eigenvalue weighted by Gasteiger charge is -2.11. The van der Waals surface area contributed by atoms with Crippen molar-refractivity contribution < 1.29 is 13.5 Å². The lowest BCUT2D eigenvalue weighted by atomic mass is 10.1. The fraction of sp³-hybridized carbons (Fsp3) is 0.333. The van der Waals surface area contributed by atoms with E-state index < -0.39 is 10.0 Å². The second-order valence-corrected chi connectivity index (χ2v) is 6.00. The van der Waals surface area contributed by atoms with Crippen molar-refractivity contribution in [3.63, 3.8) is 0 Å². The molecule has 8 heteroatoms. The van der Waals surface area contributed by atoms with Crippen LogP contribution in [-0.4, -0.2) is 35.1 Å². The van der Waals surface area contributed by atoms with Gasteiger partial charge in [0.2, 0.25) is 10.0 Å². The van der Waals surface area contributed by atoms with Gasteiger partial charge in [-0.25, -0.2) is 13.1 Å². The monoisotopic (exact) mass is 296 g/mol. The number of benzene rings is 1. The summed E-state index contributed by atoms with van der Waals surface area (Å²) >= 11 is 0. The van der Waals surface area contributed by atoms with E-state index in [-0.39, 0.29) is 18.0 Å². The van der Waals surface area contributed by atoms with Gasteiger partial charge in [-0.15, -0.1) is 5.10 Å². The summed E-state index contributed by atoms with van der Waals surface area (Å²) in [6.07, 6.45) is 3.19. The number of nitrogens with zero attached hydrogens (tertiary/aromatic N) is 3. The van der Waals surface area contributed by atoms with Crippen molar-refractivity contribution in [3.05, 3.63) is 41.7 Å². The number of aliphatic hydroxyl groups excluding tert-OH is 1. The highest BCUT2D eigenvalue weighted by Gasteiger charge is 2.17. The van der Waals surface area contributed by atoms with Crippen molar-refractivity contribution in [3.8, 4) is 0 Å². The van der Waals surface area contributed by atoms with E-state index >= 15 is 0 Å². The molecule has 7 nitrogen and oxygen atoms in total. The summed E-state index contributed by atoms with van der Waals surface area (Å²) in [5, 5.41) is 16.6. The van der Waals surface area contributed by atoms with Crippen LogP contribution in [0.5, 0.6) is 0 Å². The number of aliphatic hydroxyl groups is 1.